The van der Waals surface area contributed by atoms with Gasteiger partial charge in [0.05, 0.1) is 24.5 Å². The average molecular weight is 832 g/mol. The fraction of sp³-hybridized carbons (Fsp3) is 0.383. The van der Waals surface area contributed by atoms with Gasteiger partial charge in [0, 0.05) is 85.2 Å². The zero-order chi connectivity index (χ0) is 42.4. The minimum Gasteiger partial charge on any atom is -0.544 e. The zero-order valence-electron chi connectivity index (χ0n) is 35.7. The Hall–Kier alpha value is -5.12. The number of halogens is 1. The van der Waals surface area contributed by atoms with Crippen molar-refractivity contribution in [2.45, 2.75) is 71.8 Å². The van der Waals surface area contributed by atoms with Crippen molar-refractivity contribution in [3.8, 4) is 23.1 Å². The summed E-state index contributed by atoms with van der Waals surface area (Å²) in [6.45, 7) is 19.1. The molecule has 7 rings (SSSR count). The first kappa shape index (κ1) is 42.0. The smallest absolute Gasteiger partial charge is 0.264 e. The van der Waals surface area contributed by atoms with E-state index < -0.39 is 8.32 Å². The maximum Gasteiger partial charge on any atom is 0.264 e. The molecule has 0 N–H and O–H groups in total. The predicted octanol–water partition coefficient (Wildman–Crippen LogP) is 9.43. The van der Waals surface area contributed by atoms with E-state index in [1.165, 1.54) is 5.56 Å². The number of nitriles is 1. The number of hydrogen-bond donors (Lipinski definition) is 0. The van der Waals surface area contributed by atoms with Crippen LogP contribution >= 0.6 is 11.6 Å². The van der Waals surface area contributed by atoms with Crippen LogP contribution in [-0.4, -0.2) is 78.0 Å². The van der Waals surface area contributed by atoms with Gasteiger partial charge in [0.15, 0.2) is 0 Å². The molecule has 1 fully saturated rings. The summed E-state index contributed by atoms with van der Waals surface area (Å²) in [5, 5.41) is 10.5. The van der Waals surface area contributed by atoms with Crippen LogP contribution in [0.3, 0.4) is 0 Å². The van der Waals surface area contributed by atoms with Crippen LogP contribution in [0.15, 0.2) is 78.9 Å². The molecule has 1 atom stereocenters. The van der Waals surface area contributed by atoms with Gasteiger partial charge in [-0.05, 0) is 104 Å². The first-order chi connectivity index (χ1) is 28.0. The highest BCUT2D eigenvalue weighted by molar-refractivity contribution is 6.74. The fourth-order valence-corrected chi connectivity index (χ4v) is 9.13. The van der Waals surface area contributed by atoms with Gasteiger partial charge in [-0.15, -0.1) is 0 Å². The molecule has 4 heterocycles. The number of anilines is 2. The predicted molar refractivity (Wildman–Crippen MR) is 237 cm³/mol. The summed E-state index contributed by atoms with van der Waals surface area (Å²) in [5.41, 5.74) is 7.90. The normalized spacial score (nSPS) is 16.1. The summed E-state index contributed by atoms with van der Waals surface area (Å²) < 4.78 is 16.0. The van der Waals surface area contributed by atoms with Crippen LogP contribution in [0.1, 0.15) is 69.7 Å². The first-order valence-electron chi connectivity index (χ1n) is 20.3. The Labute approximate surface area is 354 Å². The van der Waals surface area contributed by atoms with Crippen LogP contribution in [0.4, 0.5) is 11.4 Å². The maximum absolute atomic E-state index is 15.1. The Morgan fingerprint density at radius 2 is 1.59 bits per heavy atom. The van der Waals surface area contributed by atoms with Gasteiger partial charge in [-0.1, -0.05) is 56.6 Å². The molecule has 2 amide bonds. The van der Waals surface area contributed by atoms with Crippen LogP contribution in [0, 0.1) is 25.2 Å². The van der Waals surface area contributed by atoms with E-state index in [9.17, 15) is 10.1 Å². The van der Waals surface area contributed by atoms with Crippen molar-refractivity contribution in [1.82, 2.24) is 18.9 Å². The molecule has 59 heavy (non-hydrogen) atoms. The van der Waals surface area contributed by atoms with E-state index in [1.807, 2.05) is 85.9 Å². The molecule has 0 unspecified atom stereocenters. The number of carbonyl (C=O) groups is 2. The third kappa shape index (κ3) is 8.24. The van der Waals surface area contributed by atoms with Gasteiger partial charge in [0.25, 0.3) is 11.8 Å². The Kier molecular flexibility index (Phi) is 11.7. The van der Waals surface area contributed by atoms with Gasteiger partial charge in [0.2, 0.25) is 8.32 Å². The Bertz CT molecular complexity index is 2430. The van der Waals surface area contributed by atoms with Crippen molar-refractivity contribution in [3.05, 3.63) is 123 Å². The van der Waals surface area contributed by atoms with Crippen LogP contribution in [-0.2, 0) is 31.8 Å². The first-order valence-corrected chi connectivity index (χ1v) is 23.6. The molecule has 2 aliphatic heterocycles. The number of hydrogen-bond acceptors (Lipinski definition) is 6. The lowest BCUT2D eigenvalue weighted by molar-refractivity contribution is 0.0193. The molecule has 0 spiro atoms. The standard InChI is InChI=1S/C47H55ClN6O4Si/c1-31-41(46(56)54(43-26-37(28-49)50(6)32(43)2)36-15-17-39(18-16-36)58-59(8,9)47(3,4)5)27-44(51(31)7)42-25-35(48)14-19-40(42)45(55)53-29-34-13-11-10-12-33(34)24-38(53)30-52-20-22-57-23-21-52/h10-19,25-27,38H,20-24,29-30H2,1-9H3/t38-/m0/s1. The second-order valence-corrected chi connectivity index (χ2v) is 22.6. The number of benzene rings is 3. The van der Waals surface area contributed by atoms with E-state index in [1.54, 1.807) is 21.6 Å². The van der Waals surface area contributed by atoms with Gasteiger partial charge in [-0.25, -0.2) is 0 Å². The van der Waals surface area contributed by atoms with Gasteiger partial charge in [-0.3, -0.25) is 19.4 Å². The number of carbonyl (C=O) groups excluding carboxylic acids is 2. The zero-order valence-corrected chi connectivity index (χ0v) is 37.5. The van der Waals surface area contributed by atoms with E-state index >= 15 is 4.79 Å². The molecule has 10 nitrogen and oxygen atoms in total. The fourth-order valence-electron chi connectivity index (χ4n) is 7.93. The summed E-state index contributed by atoms with van der Waals surface area (Å²) in [6.07, 6.45) is 0.760. The molecule has 0 bridgehead atoms. The second-order valence-electron chi connectivity index (χ2n) is 17.4. The van der Waals surface area contributed by atoms with E-state index in [-0.39, 0.29) is 22.9 Å². The number of nitrogens with zero attached hydrogens (tertiary/aromatic N) is 6. The molecule has 2 aromatic heterocycles. The van der Waals surface area contributed by atoms with Crippen molar-refractivity contribution < 1.29 is 18.8 Å². The van der Waals surface area contributed by atoms with Gasteiger partial charge >= 0.3 is 0 Å². The van der Waals surface area contributed by atoms with Crippen molar-refractivity contribution >= 4 is 43.1 Å². The Morgan fingerprint density at radius 3 is 2.24 bits per heavy atom. The van der Waals surface area contributed by atoms with Gasteiger partial charge < -0.3 is 23.2 Å². The number of amides is 2. The second kappa shape index (κ2) is 16.5. The number of fused-ring (bicyclic) bond motifs is 1. The molecule has 0 aliphatic carbocycles. The van der Waals surface area contributed by atoms with Crippen LogP contribution in [0.2, 0.25) is 23.2 Å². The van der Waals surface area contributed by atoms with Crippen molar-refractivity contribution in [3.63, 3.8) is 0 Å². The largest absolute Gasteiger partial charge is 0.544 e. The molecular formula is C47H55ClN6O4Si. The molecule has 1 saturated heterocycles. The minimum absolute atomic E-state index is 0.0162. The summed E-state index contributed by atoms with van der Waals surface area (Å²) in [4.78, 5) is 36.2. The Balaban J connectivity index is 1.28. The average Bonchev–Trinajstić information content (AvgIpc) is 3.67. The summed E-state index contributed by atoms with van der Waals surface area (Å²) in [6, 6.07) is 27.2. The molecule has 0 saturated carbocycles. The minimum atomic E-state index is -2.11. The topological polar surface area (TPSA) is 96.0 Å². The highest BCUT2D eigenvalue weighted by Gasteiger charge is 2.39. The highest BCUT2D eigenvalue weighted by Crippen LogP contribution is 2.40. The van der Waals surface area contributed by atoms with Gasteiger partial charge in [-0.2, -0.15) is 5.26 Å². The van der Waals surface area contributed by atoms with E-state index in [2.05, 4.69) is 63.0 Å². The highest BCUT2D eigenvalue weighted by atomic mass is 35.5. The third-order valence-electron chi connectivity index (χ3n) is 12.8. The van der Waals surface area contributed by atoms with Crippen LogP contribution in [0.25, 0.3) is 11.3 Å². The molecule has 3 aromatic carbocycles. The molecule has 0 radical (unpaired) electrons. The quantitative estimate of drug-likeness (QED) is 0.138. The molecular weight excluding hydrogens is 776 g/mol. The van der Waals surface area contributed by atoms with Crippen LogP contribution in [0.5, 0.6) is 5.75 Å². The summed E-state index contributed by atoms with van der Waals surface area (Å²) in [7, 11) is 1.62. The van der Waals surface area contributed by atoms with E-state index in [0.29, 0.717) is 64.2 Å². The molecule has 5 aromatic rings. The molecule has 12 heteroatoms. The van der Waals surface area contributed by atoms with E-state index in [0.717, 1.165) is 48.8 Å². The number of aromatic nitrogens is 2. The summed E-state index contributed by atoms with van der Waals surface area (Å²) >= 11 is 6.72. The number of morpholine rings is 1. The lowest BCUT2D eigenvalue weighted by atomic mass is 9.92. The van der Waals surface area contributed by atoms with Crippen LogP contribution < -0.4 is 9.33 Å². The third-order valence-corrected chi connectivity index (χ3v) is 17.4. The number of rotatable bonds is 9. The summed E-state index contributed by atoms with van der Waals surface area (Å²) in [5.74, 6) is 0.395. The van der Waals surface area contributed by atoms with E-state index in [4.69, 9.17) is 20.8 Å². The molecule has 308 valence electrons. The lowest BCUT2D eigenvalue weighted by Crippen LogP contribution is -2.52. The van der Waals surface area contributed by atoms with Crippen molar-refractivity contribution in [2.75, 3.05) is 37.7 Å². The lowest BCUT2D eigenvalue weighted by Gasteiger charge is -2.40. The number of ether oxygens (including phenoxy) is 1. The molecule has 2 aliphatic rings. The SMILES string of the molecule is Cc1c(N(C(=O)c2cc(-c3cc(Cl)ccc3C(=O)N3Cc4ccccc4C[C@H]3CN3CCOCC3)n(C)c2C)c2ccc(O[Si](C)(C)C(C)(C)C)cc2)cc(C#N)n1C. The van der Waals surface area contributed by atoms with Crippen molar-refractivity contribution in [1.29, 1.82) is 5.26 Å². The monoisotopic (exact) mass is 830 g/mol. The van der Waals surface area contributed by atoms with Gasteiger partial charge in [0.1, 0.15) is 17.5 Å². The van der Waals surface area contributed by atoms with Crippen molar-refractivity contribution in [2.24, 2.45) is 14.1 Å². The Morgan fingerprint density at radius 1 is 0.915 bits per heavy atom. The maximum atomic E-state index is 15.1.